The second kappa shape index (κ2) is 16.6. The van der Waals surface area contributed by atoms with Gasteiger partial charge in [0.2, 0.25) is 17.7 Å². The second-order valence-corrected chi connectivity index (χ2v) is 11.2. The fourth-order valence-corrected chi connectivity index (χ4v) is 5.18. The number of hydrogen-bond donors (Lipinski definition) is 2. The number of nitrogens with two attached hydrogens (primary N) is 1. The lowest BCUT2D eigenvalue weighted by molar-refractivity contribution is -0.141. The molecule has 7 nitrogen and oxygen atoms in total. The molecule has 11 heteroatoms. The lowest BCUT2D eigenvalue weighted by Gasteiger charge is -2.27. The molecule has 0 aromatic heterocycles. The average Bonchev–Trinajstić information content (AvgIpc) is 2.93. The van der Waals surface area contributed by atoms with Crippen LogP contribution in [0.15, 0.2) is 66.7 Å². The minimum atomic E-state index is -0.648. The molecule has 0 aliphatic heterocycles. The predicted octanol–water partition coefficient (Wildman–Crippen LogP) is 5.06. The van der Waals surface area contributed by atoms with Gasteiger partial charge in [0.25, 0.3) is 0 Å². The van der Waals surface area contributed by atoms with E-state index in [4.69, 9.17) is 52.1 Å². The molecule has 0 saturated heterocycles. The van der Waals surface area contributed by atoms with Crippen molar-refractivity contribution in [3.8, 4) is 0 Å². The Kier molecular flexibility index (Phi) is 13.2. The first-order valence-electron chi connectivity index (χ1n) is 13.1. The summed E-state index contributed by atoms with van der Waals surface area (Å²) < 4.78 is 0. The average molecular weight is 638 g/mol. The van der Waals surface area contributed by atoms with Gasteiger partial charge in [-0.25, -0.2) is 0 Å². The van der Waals surface area contributed by atoms with Crippen molar-refractivity contribution in [1.82, 2.24) is 15.1 Å². The quantitative estimate of drug-likeness (QED) is 0.228. The molecule has 0 spiro atoms. The van der Waals surface area contributed by atoms with E-state index in [-0.39, 0.29) is 38.0 Å². The lowest BCUT2D eigenvalue weighted by Crippen LogP contribution is -2.48. The maximum atomic E-state index is 13.4. The van der Waals surface area contributed by atoms with Crippen molar-refractivity contribution in [2.45, 2.75) is 19.3 Å². The first kappa shape index (κ1) is 32.7. The topological polar surface area (TPSA) is 95.7 Å². The van der Waals surface area contributed by atoms with Crippen molar-refractivity contribution >= 4 is 64.1 Å². The van der Waals surface area contributed by atoms with E-state index in [0.29, 0.717) is 52.4 Å². The zero-order chi connectivity index (χ0) is 29.8. The van der Waals surface area contributed by atoms with Crippen molar-refractivity contribution < 1.29 is 14.4 Å². The molecule has 0 atom stereocenters. The zero-order valence-electron chi connectivity index (χ0n) is 22.4. The van der Waals surface area contributed by atoms with Crippen LogP contribution in [0.25, 0.3) is 0 Å². The Balaban J connectivity index is 1.64. The lowest BCUT2D eigenvalue weighted by atomic mass is 10.1. The number of halogens is 4. The van der Waals surface area contributed by atoms with Crippen LogP contribution in [0.3, 0.4) is 0 Å². The van der Waals surface area contributed by atoms with Gasteiger partial charge in [0, 0.05) is 33.2 Å². The van der Waals surface area contributed by atoms with Crippen LogP contribution in [0.5, 0.6) is 0 Å². The van der Waals surface area contributed by atoms with Gasteiger partial charge in [-0.15, -0.1) is 0 Å². The summed E-state index contributed by atoms with van der Waals surface area (Å²) in [4.78, 5) is 41.3. The number of rotatable bonds is 15. The van der Waals surface area contributed by atoms with Crippen LogP contribution in [0.4, 0.5) is 0 Å². The first-order chi connectivity index (χ1) is 19.6. The van der Waals surface area contributed by atoms with Gasteiger partial charge in [-0.3, -0.25) is 14.4 Å². The molecule has 41 heavy (non-hydrogen) atoms. The smallest absolute Gasteiger partial charge is 0.242 e. The Morgan fingerprint density at radius 1 is 0.683 bits per heavy atom. The molecule has 3 rings (SSSR count). The first-order valence-corrected chi connectivity index (χ1v) is 14.6. The van der Waals surface area contributed by atoms with Crippen molar-refractivity contribution in [2.75, 3.05) is 39.3 Å². The molecular formula is C30H32Cl4N4O3. The van der Waals surface area contributed by atoms with E-state index in [1.807, 2.05) is 36.4 Å². The minimum Gasteiger partial charge on any atom is -0.368 e. The molecule has 3 aromatic carbocycles. The highest BCUT2D eigenvalue weighted by Gasteiger charge is 2.22. The Bertz CT molecular complexity index is 1340. The normalized spacial score (nSPS) is 10.8. The Labute approximate surface area is 260 Å². The van der Waals surface area contributed by atoms with Crippen molar-refractivity contribution in [3.63, 3.8) is 0 Å². The molecule has 0 fully saturated rings. The summed E-state index contributed by atoms with van der Waals surface area (Å²) >= 11 is 24.5. The summed E-state index contributed by atoms with van der Waals surface area (Å²) in [5.74, 6) is -1.27. The Hall–Kier alpha value is -2.81. The van der Waals surface area contributed by atoms with E-state index in [1.54, 1.807) is 30.3 Å². The van der Waals surface area contributed by atoms with Gasteiger partial charge in [-0.2, -0.15) is 0 Å². The molecule has 0 radical (unpaired) electrons. The van der Waals surface area contributed by atoms with Gasteiger partial charge in [0.05, 0.1) is 19.6 Å². The van der Waals surface area contributed by atoms with Crippen molar-refractivity contribution in [1.29, 1.82) is 0 Å². The van der Waals surface area contributed by atoms with E-state index in [2.05, 4.69) is 5.32 Å². The molecule has 3 N–H and O–H groups in total. The largest absolute Gasteiger partial charge is 0.368 e. The monoisotopic (exact) mass is 636 g/mol. The summed E-state index contributed by atoms with van der Waals surface area (Å²) in [6.45, 7) is 0.589. The van der Waals surface area contributed by atoms with Crippen molar-refractivity contribution in [3.05, 3.63) is 104 Å². The standard InChI is InChI=1S/C30H32Cl4N4O3/c31-24-8-6-22(26(33)16-24)10-13-36-18-29(40)38(14-11-21-4-2-1-3-5-21)20-30(41)37(19-28(35)39)15-12-23-7-9-25(32)17-27(23)34/h1-9,16-17,36H,10-15,18-20H2,(H2,35,39). The molecule has 0 aliphatic rings. The number of amides is 3. The zero-order valence-corrected chi connectivity index (χ0v) is 25.4. The van der Waals surface area contributed by atoms with Gasteiger partial charge >= 0.3 is 0 Å². The third kappa shape index (κ3) is 11.2. The van der Waals surface area contributed by atoms with Gasteiger partial charge in [-0.05, 0) is 66.8 Å². The maximum Gasteiger partial charge on any atom is 0.242 e. The van der Waals surface area contributed by atoms with Crippen LogP contribution >= 0.6 is 46.4 Å². The third-order valence-corrected chi connectivity index (χ3v) is 7.59. The third-order valence-electron chi connectivity index (χ3n) is 6.42. The molecule has 0 bridgehead atoms. The van der Waals surface area contributed by atoms with Gasteiger partial charge in [0.1, 0.15) is 0 Å². The highest BCUT2D eigenvalue weighted by Crippen LogP contribution is 2.22. The van der Waals surface area contributed by atoms with E-state index in [9.17, 15) is 14.4 Å². The Morgan fingerprint density at radius 2 is 1.24 bits per heavy atom. The number of nitrogens with one attached hydrogen (secondary N) is 1. The fourth-order valence-electron chi connectivity index (χ4n) is 4.18. The molecule has 218 valence electrons. The van der Waals surface area contributed by atoms with E-state index < -0.39 is 5.91 Å². The highest BCUT2D eigenvalue weighted by atomic mass is 35.5. The summed E-state index contributed by atoms with van der Waals surface area (Å²) in [6.07, 6.45) is 1.56. The van der Waals surface area contributed by atoms with Crippen LogP contribution in [0.1, 0.15) is 16.7 Å². The Morgan fingerprint density at radius 3 is 1.83 bits per heavy atom. The number of benzene rings is 3. The molecule has 0 heterocycles. The second-order valence-electron chi connectivity index (χ2n) is 9.48. The van der Waals surface area contributed by atoms with Crippen molar-refractivity contribution in [2.24, 2.45) is 5.73 Å². The summed E-state index contributed by atoms with van der Waals surface area (Å²) in [5.41, 5.74) is 8.17. The van der Waals surface area contributed by atoms with Crippen LogP contribution in [-0.4, -0.2) is 66.8 Å². The van der Waals surface area contributed by atoms with Gasteiger partial charge in [0.15, 0.2) is 0 Å². The molecule has 3 aromatic rings. The summed E-state index contributed by atoms with van der Waals surface area (Å²) in [7, 11) is 0. The molecular weight excluding hydrogens is 606 g/mol. The number of hydrogen-bond acceptors (Lipinski definition) is 4. The van der Waals surface area contributed by atoms with E-state index in [1.165, 1.54) is 9.80 Å². The SMILES string of the molecule is NC(=O)CN(CCc1ccc(Cl)cc1Cl)C(=O)CN(CCc1ccccc1)C(=O)CNCCc1ccc(Cl)cc1Cl. The molecule has 3 amide bonds. The van der Waals surface area contributed by atoms with Crippen LogP contribution in [0, 0.1) is 0 Å². The van der Waals surface area contributed by atoms with Crippen LogP contribution in [0.2, 0.25) is 20.1 Å². The number of carbonyl (C=O) groups is 3. The fraction of sp³-hybridized carbons (Fsp3) is 0.300. The van der Waals surface area contributed by atoms with E-state index in [0.717, 1.165) is 16.7 Å². The molecule has 0 aliphatic carbocycles. The number of carbonyl (C=O) groups excluding carboxylic acids is 3. The predicted molar refractivity (Wildman–Crippen MR) is 166 cm³/mol. The summed E-state index contributed by atoms with van der Waals surface area (Å²) in [5, 5.41) is 5.23. The molecule has 0 unspecified atom stereocenters. The van der Waals surface area contributed by atoms with Crippen LogP contribution < -0.4 is 11.1 Å². The van der Waals surface area contributed by atoms with E-state index >= 15 is 0 Å². The maximum absolute atomic E-state index is 13.4. The molecule has 0 saturated carbocycles. The minimum absolute atomic E-state index is 0.0312. The van der Waals surface area contributed by atoms with Crippen LogP contribution in [-0.2, 0) is 33.6 Å². The van der Waals surface area contributed by atoms with Gasteiger partial charge < -0.3 is 20.9 Å². The number of nitrogens with zero attached hydrogens (tertiary/aromatic N) is 2. The number of primary amides is 1. The van der Waals surface area contributed by atoms with Gasteiger partial charge in [-0.1, -0.05) is 88.9 Å². The highest BCUT2D eigenvalue weighted by molar-refractivity contribution is 6.35. The summed E-state index contributed by atoms with van der Waals surface area (Å²) in [6, 6.07) is 20.1.